The van der Waals surface area contributed by atoms with Gasteiger partial charge < -0.3 is 10.1 Å². The summed E-state index contributed by atoms with van der Waals surface area (Å²) >= 11 is 1.53. The normalized spacial score (nSPS) is 22.7. The number of nitrogens with one attached hydrogen (secondary N) is 2. The highest BCUT2D eigenvalue weighted by atomic mass is 32.1. The summed E-state index contributed by atoms with van der Waals surface area (Å²) in [5, 5.41) is 6.38. The molecule has 106 valence electrons. The number of anilines is 1. The number of hydrogen-bond donors (Lipinski definition) is 2. The second kappa shape index (κ2) is 5.88. The topological polar surface area (TPSA) is 63.2 Å². The molecule has 1 aliphatic rings. The second-order valence-corrected chi connectivity index (χ2v) is 6.79. The molecule has 2 heterocycles. The molecule has 1 aromatic rings. The third kappa shape index (κ3) is 4.18. The summed E-state index contributed by atoms with van der Waals surface area (Å²) in [6.45, 7) is 7.59. The Balaban J connectivity index is 1.86. The molecular weight excluding hydrogens is 262 g/mol. The molecule has 0 unspecified atom stereocenters. The fourth-order valence-electron chi connectivity index (χ4n) is 2.03. The zero-order valence-electron chi connectivity index (χ0n) is 11.7. The van der Waals surface area contributed by atoms with Crippen LogP contribution in [0.5, 0.6) is 0 Å². The zero-order chi connectivity index (χ0) is 13.9. The van der Waals surface area contributed by atoms with Gasteiger partial charge in [-0.3, -0.25) is 5.32 Å². The van der Waals surface area contributed by atoms with Crippen molar-refractivity contribution in [1.82, 2.24) is 10.3 Å². The quantitative estimate of drug-likeness (QED) is 0.893. The Morgan fingerprint density at radius 3 is 3.05 bits per heavy atom. The number of thiazole rings is 1. The molecular formula is C13H21N3O2S. The van der Waals surface area contributed by atoms with E-state index in [0.29, 0.717) is 24.3 Å². The number of hydrogen-bond acceptors (Lipinski definition) is 4. The van der Waals surface area contributed by atoms with E-state index < -0.39 is 0 Å². The van der Waals surface area contributed by atoms with Crippen LogP contribution in [0.2, 0.25) is 0 Å². The summed E-state index contributed by atoms with van der Waals surface area (Å²) in [6, 6.07) is -0.210. The van der Waals surface area contributed by atoms with Gasteiger partial charge in [0, 0.05) is 17.7 Å². The Labute approximate surface area is 117 Å². The molecule has 2 amide bonds. The van der Waals surface area contributed by atoms with E-state index in [4.69, 9.17) is 4.74 Å². The van der Waals surface area contributed by atoms with Gasteiger partial charge in [-0.05, 0) is 25.7 Å². The van der Waals surface area contributed by atoms with Crippen molar-refractivity contribution in [2.75, 3.05) is 18.5 Å². The molecule has 1 saturated heterocycles. The van der Waals surface area contributed by atoms with Crippen LogP contribution in [0.3, 0.4) is 0 Å². The number of amides is 2. The Morgan fingerprint density at radius 1 is 1.63 bits per heavy atom. The molecule has 1 aromatic heterocycles. The minimum atomic E-state index is -0.262. The molecule has 0 aromatic carbocycles. The maximum absolute atomic E-state index is 11.9. The second-order valence-electron chi connectivity index (χ2n) is 5.67. The first-order chi connectivity index (χ1) is 8.97. The Bertz CT molecular complexity index is 439. The third-order valence-corrected chi connectivity index (χ3v) is 3.95. The highest BCUT2D eigenvalue weighted by Crippen LogP contribution is 2.22. The van der Waals surface area contributed by atoms with Gasteiger partial charge in [0.05, 0.1) is 12.1 Å². The first kappa shape index (κ1) is 14.3. The van der Waals surface area contributed by atoms with Gasteiger partial charge in [0.1, 0.15) is 0 Å². The molecule has 1 fully saturated rings. The monoisotopic (exact) mass is 283 g/mol. The van der Waals surface area contributed by atoms with Crippen LogP contribution < -0.4 is 10.6 Å². The first-order valence-corrected chi connectivity index (χ1v) is 7.40. The van der Waals surface area contributed by atoms with Crippen molar-refractivity contribution < 1.29 is 9.53 Å². The van der Waals surface area contributed by atoms with Gasteiger partial charge in [0.25, 0.3) is 0 Å². The number of aromatic nitrogens is 1. The van der Waals surface area contributed by atoms with Crippen molar-refractivity contribution in [2.24, 2.45) is 5.92 Å². The van der Waals surface area contributed by atoms with Crippen molar-refractivity contribution in [1.29, 1.82) is 0 Å². The number of carbonyl (C=O) groups is 1. The van der Waals surface area contributed by atoms with Crippen LogP contribution in [0.25, 0.3) is 0 Å². The highest BCUT2D eigenvalue weighted by Gasteiger charge is 2.31. The van der Waals surface area contributed by atoms with Crippen molar-refractivity contribution in [2.45, 2.75) is 39.2 Å². The maximum atomic E-state index is 11.9. The molecule has 2 rings (SSSR count). The summed E-state index contributed by atoms with van der Waals surface area (Å²) < 4.78 is 5.30. The zero-order valence-corrected chi connectivity index (χ0v) is 12.5. The minimum absolute atomic E-state index is 0.210. The fraction of sp³-hybridized carbons (Fsp3) is 0.692. The van der Waals surface area contributed by atoms with Gasteiger partial charge in [-0.2, -0.15) is 0 Å². The van der Waals surface area contributed by atoms with E-state index in [1.54, 1.807) is 0 Å². The molecule has 0 saturated carbocycles. The van der Waals surface area contributed by atoms with Gasteiger partial charge in [-0.15, -0.1) is 11.3 Å². The van der Waals surface area contributed by atoms with Gasteiger partial charge >= 0.3 is 6.03 Å². The van der Waals surface area contributed by atoms with E-state index in [0.717, 1.165) is 12.8 Å². The van der Waals surface area contributed by atoms with Crippen LogP contribution in [0.1, 0.15) is 32.1 Å². The molecule has 0 bridgehead atoms. The fourth-order valence-corrected chi connectivity index (χ4v) is 3.05. The molecule has 6 heteroatoms. The van der Waals surface area contributed by atoms with Crippen LogP contribution in [0, 0.1) is 5.92 Å². The van der Waals surface area contributed by atoms with E-state index in [9.17, 15) is 4.79 Å². The lowest BCUT2D eigenvalue weighted by Crippen LogP contribution is -2.48. The van der Waals surface area contributed by atoms with Gasteiger partial charge in [0.2, 0.25) is 0 Å². The third-order valence-electron chi connectivity index (χ3n) is 3.02. The lowest BCUT2D eigenvalue weighted by molar-refractivity contribution is 0.172. The molecule has 0 aliphatic carbocycles. The van der Waals surface area contributed by atoms with Crippen molar-refractivity contribution in [3.8, 4) is 0 Å². The van der Waals surface area contributed by atoms with Gasteiger partial charge in [0.15, 0.2) is 5.13 Å². The number of carbonyl (C=O) groups excluding carboxylic acids is 1. The number of urea groups is 1. The van der Waals surface area contributed by atoms with Gasteiger partial charge in [-0.1, -0.05) is 13.8 Å². The van der Waals surface area contributed by atoms with Crippen LogP contribution in [-0.2, 0) is 11.2 Å². The van der Waals surface area contributed by atoms with E-state index in [1.807, 2.05) is 13.1 Å². The Hall–Kier alpha value is -1.14. The highest BCUT2D eigenvalue weighted by molar-refractivity contribution is 7.15. The number of nitrogens with zero attached hydrogens (tertiary/aromatic N) is 1. The molecule has 0 spiro atoms. The molecule has 5 nitrogen and oxygen atoms in total. The lowest BCUT2D eigenvalue weighted by Gasteiger charge is -2.23. The minimum Gasteiger partial charge on any atom is -0.379 e. The average Bonchev–Trinajstić information content (AvgIpc) is 2.87. The lowest BCUT2D eigenvalue weighted by atomic mass is 10.0. The molecule has 0 radical (unpaired) electrons. The van der Waals surface area contributed by atoms with Crippen LogP contribution >= 0.6 is 11.3 Å². The summed E-state index contributed by atoms with van der Waals surface area (Å²) in [4.78, 5) is 17.3. The average molecular weight is 283 g/mol. The van der Waals surface area contributed by atoms with Crippen LogP contribution in [-0.4, -0.2) is 29.8 Å². The van der Waals surface area contributed by atoms with E-state index in [-0.39, 0.29) is 11.6 Å². The van der Waals surface area contributed by atoms with Crippen molar-refractivity contribution in [3.05, 3.63) is 11.1 Å². The summed E-state index contributed by atoms with van der Waals surface area (Å²) in [7, 11) is 0. The predicted molar refractivity (Wildman–Crippen MR) is 76.7 cm³/mol. The SMILES string of the molecule is CC(C)Cc1cnc(NC(=O)N[C@@]2(C)CCOC2)s1. The van der Waals surface area contributed by atoms with E-state index >= 15 is 0 Å². The van der Waals surface area contributed by atoms with Crippen LogP contribution in [0.15, 0.2) is 6.20 Å². The predicted octanol–water partition coefficient (Wildman–Crippen LogP) is 2.64. The standard InChI is InChI=1S/C13H21N3O2S/c1-9(2)6-10-7-14-12(19-10)15-11(17)16-13(3)4-5-18-8-13/h7,9H,4-6,8H2,1-3H3,(H2,14,15,16,17)/t13-/m0/s1. The number of rotatable bonds is 4. The molecule has 1 atom stereocenters. The first-order valence-electron chi connectivity index (χ1n) is 6.58. The maximum Gasteiger partial charge on any atom is 0.321 e. The smallest absolute Gasteiger partial charge is 0.321 e. The van der Waals surface area contributed by atoms with E-state index in [1.165, 1.54) is 16.2 Å². The summed E-state index contributed by atoms with van der Waals surface area (Å²) in [5.74, 6) is 0.594. The van der Waals surface area contributed by atoms with Crippen LogP contribution in [0.4, 0.5) is 9.93 Å². The van der Waals surface area contributed by atoms with E-state index in [2.05, 4.69) is 29.5 Å². The number of ether oxygens (including phenoxy) is 1. The molecule has 19 heavy (non-hydrogen) atoms. The molecule has 1 aliphatic heterocycles. The van der Waals surface area contributed by atoms with Crippen molar-refractivity contribution >= 4 is 22.5 Å². The summed E-state index contributed by atoms with van der Waals surface area (Å²) in [5.41, 5.74) is -0.262. The molecule has 2 N–H and O–H groups in total. The largest absolute Gasteiger partial charge is 0.379 e. The van der Waals surface area contributed by atoms with Gasteiger partial charge in [-0.25, -0.2) is 9.78 Å². The Kier molecular flexibility index (Phi) is 4.42. The van der Waals surface area contributed by atoms with Crippen molar-refractivity contribution in [3.63, 3.8) is 0 Å². The Morgan fingerprint density at radius 2 is 2.42 bits per heavy atom. The summed E-state index contributed by atoms with van der Waals surface area (Å²) in [6.07, 6.45) is 3.67.